The number of benzene rings is 1. The molecule has 0 amide bonds. The van der Waals surface area contributed by atoms with Gasteiger partial charge in [0.2, 0.25) is 0 Å². The molecule has 0 saturated heterocycles. The molecule has 1 rings (SSSR count). The van der Waals surface area contributed by atoms with Gasteiger partial charge in [-0.2, -0.15) is 5.26 Å². The highest BCUT2D eigenvalue weighted by Gasteiger charge is 2.17. The Kier molecular flexibility index (Phi) is 2.93. The summed E-state index contributed by atoms with van der Waals surface area (Å²) in [6.45, 7) is 6.20. The summed E-state index contributed by atoms with van der Waals surface area (Å²) in [5.74, 6) is 0. The summed E-state index contributed by atoms with van der Waals surface area (Å²) in [6.07, 6.45) is 0. The van der Waals surface area contributed by atoms with Gasteiger partial charge >= 0.3 is 0 Å². The first-order valence-electron chi connectivity index (χ1n) is 4.63. The highest BCUT2D eigenvalue weighted by atomic mass is 16.3. The average molecular weight is 189 g/mol. The number of nitriles is 1. The van der Waals surface area contributed by atoms with Crippen LogP contribution in [-0.4, -0.2) is 5.11 Å². The van der Waals surface area contributed by atoms with Crippen LogP contribution in [0.3, 0.4) is 0 Å². The van der Waals surface area contributed by atoms with Gasteiger partial charge in [-0.05, 0) is 22.6 Å². The Morgan fingerprint density at radius 1 is 1.36 bits per heavy atom. The Labute approximate surface area is 84.8 Å². The van der Waals surface area contributed by atoms with Gasteiger partial charge in [0.25, 0.3) is 0 Å². The van der Waals surface area contributed by atoms with Gasteiger partial charge in [0.1, 0.15) is 0 Å². The number of hydrogen-bond donors (Lipinski definition) is 1. The molecule has 0 fully saturated rings. The Balaban J connectivity index is 3.28. The summed E-state index contributed by atoms with van der Waals surface area (Å²) in [5, 5.41) is 17.9. The van der Waals surface area contributed by atoms with Crippen LogP contribution < -0.4 is 0 Å². The normalized spacial score (nSPS) is 11.1. The molecule has 0 spiro atoms. The fraction of sp³-hybridized carbons (Fsp3) is 0.417. The third-order valence-corrected chi connectivity index (χ3v) is 2.20. The van der Waals surface area contributed by atoms with Gasteiger partial charge < -0.3 is 5.11 Å². The van der Waals surface area contributed by atoms with Gasteiger partial charge in [-0.15, -0.1) is 0 Å². The van der Waals surface area contributed by atoms with Crippen molar-refractivity contribution in [3.05, 3.63) is 34.9 Å². The molecule has 0 aliphatic heterocycles. The zero-order chi connectivity index (χ0) is 10.8. The van der Waals surface area contributed by atoms with Crippen molar-refractivity contribution in [2.75, 3.05) is 0 Å². The van der Waals surface area contributed by atoms with Crippen molar-refractivity contribution in [1.29, 1.82) is 5.26 Å². The van der Waals surface area contributed by atoms with Crippen LogP contribution in [0.1, 0.15) is 37.5 Å². The van der Waals surface area contributed by atoms with Crippen LogP contribution >= 0.6 is 0 Å². The minimum absolute atomic E-state index is 0.0148. The van der Waals surface area contributed by atoms with Crippen molar-refractivity contribution in [2.24, 2.45) is 0 Å². The van der Waals surface area contributed by atoms with E-state index in [-0.39, 0.29) is 12.0 Å². The third kappa shape index (κ3) is 2.12. The lowest BCUT2D eigenvalue weighted by atomic mass is 9.83. The SMILES string of the molecule is CC(C)(C)c1ccc(CO)cc1C#N. The van der Waals surface area contributed by atoms with Crippen LogP contribution in [0.5, 0.6) is 0 Å². The molecule has 2 nitrogen and oxygen atoms in total. The average Bonchev–Trinajstić information content (AvgIpc) is 2.15. The molecule has 74 valence electrons. The van der Waals surface area contributed by atoms with E-state index in [4.69, 9.17) is 10.4 Å². The maximum Gasteiger partial charge on any atom is 0.0994 e. The summed E-state index contributed by atoms with van der Waals surface area (Å²) < 4.78 is 0. The van der Waals surface area contributed by atoms with E-state index in [1.54, 1.807) is 6.07 Å². The van der Waals surface area contributed by atoms with Crippen molar-refractivity contribution >= 4 is 0 Å². The molecule has 0 atom stereocenters. The highest BCUT2D eigenvalue weighted by Crippen LogP contribution is 2.26. The van der Waals surface area contributed by atoms with Crippen LogP contribution in [0.2, 0.25) is 0 Å². The maximum atomic E-state index is 8.97. The molecule has 0 unspecified atom stereocenters. The molecule has 14 heavy (non-hydrogen) atoms. The first-order chi connectivity index (χ1) is 6.49. The smallest absolute Gasteiger partial charge is 0.0994 e. The molecule has 0 saturated carbocycles. The Bertz CT molecular complexity index is 369. The molecule has 1 aromatic carbocycles. The van der Waals surface area contributed by atoms with E-state index in [0.717, 1.165) is 11.1 Å². The second-order valence-electron chi connectivity index (χ2n) is 4.40. The second-order valence-corrected chi connectivity index (χ2v) is 4.40. The summed E-state index contributed by atoms with van der Waals surface area (Å²) >= 11 is 0. The topological polar surface area (TPSA) is 44.0 Å². The molecule has 0 aliphatic rings. The van der Waals surface area contributed by atoms with Crippen LogP contribution in [0.25, 0.3) is 0 Å². The zero-order valence-corrected chi connectivity index (χ0v) is 8.83. The second kappa shape index (κ2) is 3.81. The quantitative estimate of drug-likeness (QED) is 0.737. The number of nitrogens with zero attached hydrogens (tertiary/aromatic N) is 1. The summed E-state index contributed by atoms with van der Waals surface area (Å²) in [7, 11) is 0. The van der Waals surface area contributed by atoms with E-state index in [0.29, 0.717) is 5.56 Å². The van der Waals surface area contributed by atoms with Crippen molar-refractivity contribution in [2.45, 2.75) is 32.8 Å². The van der Waals surface area contributed by atoms with Gasteiger partial charge in [-0.1, -0.05) is 32.9 Å². The van der Waals surface area contributed by atoms with E-state index in [1.807, 2.05) is 12.1 Å². The van der Waals surface area contributed by atoms with Gasteiger partial charge in [0.05, 0.1) is 18.2 Å². The Morgan fingerprint density at radius 3 is 2.43 bits per heavy atom. The largest absolute Gasteiger partial charge is 0.392 e. The van der Waals surface area contributed by atoms with E-state index in [1.165, 1.54) is 0 Å². The van der Waals surface area contributed by atoms with Gasteiger partial charge in [-0.25, -0.2) is 0 Å². The molecular weight excluding hydrogens is 174 g/mol. The van der Waals surface area contributed by atoms with Crippen LogP contribution in [0.4, 0.5) is 0 Å². The standard InChI is InChI=1S/C12H15NO/c1-12(2,3)11-5-4-9(8-14)6-10(11)7-13/h4-6,14H,8H2,1-3H3. The molecular formula is C12H15NO. The molecule has 1 N–H and O–H groups in total. The fourth-order valence-corrected chi connectivity index (χ4v) is 1.44. The van der Waals surface area contributed by atoms with Crippen LogP contribution in [-0.2, 0) is 12.0 Å². The monoisotopic (exact) mass is 189 g/mol. The lowest BCUT2D eigenvalue weighted by Gasteiger charge is -2.20. The number of hydrogen-bond acceptors (Lipinski definition) is 2. The summed E-state index contributed by atoms with van der Waals surface area (Å²) in [6, 6.07) is 7.70. The van der Waals surface area contributed by atoms with E-state index in [9.17, 15) is 0 Å². The fourth-order valence-electron chi connectivity index (χ4n) is 1.44. The minimum Gasteiger partial charge on any atom is -0.392 e. The minimum atomic E-state index is -0.0287. The molecule has 1 aromatic rings. The Morgan fingerprint density at radius 2 is 2.00 bits per heavy atom. The molecule has 0 aromatic heterocycles. The first kappa shape index (κ1) is 10.7. The maximum absolute atomic E-state index is 8.97. The van der Waals surface area contributed by atoms with Crippen molar-refractivity contribution in [3.8, 4) is 6.07 Å². The Hall–Kier alpha value is -1.33. The van der Waals surface area contributed by atoms with Crippen molar-refractivity contribution in [1.82, 2.24) is 0 Å². The number of aliphatic hydroxyl groups excluding tert-OH is 1. The predicted octanol–water partition coefficient (Wildman–Crippen LogP) is 2.35. The number of aliphatic hydroxyl groups is 1. The lowest BCUT2D eigenvalue weighted by Crippen LogP contribution is -2.13. The highest BCUT2D eigenvalue weighted by molar-refractivity contribution is 5.43. The van der Waals surface area contributed by atoms with E-state index < -0.39 is 0 Å². The van der Waals surface area contributed by atoms with E-state index in [2.05, 4.69) is 26.8 Å². The van der Waals surface area contributed by atoms with E-state index >= 15 is 0 Å². The lowest BCUT2D eigenvalue weighted by molar-refractivity contribution is 0.281. The van der Waals surface area contributed by atoms with Crippen molar-refractivity contribution < 1.29 is 5.11 Å². The molecule has 0 heterocycles. The molecule has 0 aliphatic carbocycles. The van der Waals surface area contributed by atoms with Crippen LogP contribution in [0.15, 0.2) is 18.2 Å². The zero-order valence-electron chi connectivity index (χ0n) is 8.83. The first-order valence-corrected chi connectivity index (χ1v) is 4.63. The summed E-state index contributed by atoms with van der Waals surface area (Å²) in [5.41, 5.74) is 2.44. The predicted molar refractivity (Wildman–Crippen MR) is 55.8 cm³/mol. The van der Waals surface area contributed by atoms with Gasteiger partial charge in [0.15, 0.2) is 0 Å². The van der Waals surface area contributed by atoms with Crippen LogP contribution in [0, 0.1) is 11.3 Å². The summed E-state index contributed by atoms with van der Waals surface area (Å²) in [4.78, 5) is 0. The number of rotatable bonds is 1. The van der Waals surface area contributed by atoms with Crippen molar-refractivity contribution in [3.63, 3.8) is 0 Å². The molecule has 2 heteroatoms. The van der Waals surface area contributed by atoms with Gasteiger partial charge in [0, 0.05) is 0 Å². The molecule has 0 radical (unpaired) electrons. The van der Waals surface area contributed by atoms with Gasteiger partial charge in [-0.3, -0.25) is 0 Å². The third-order valence-electron chi connectivity index (χ3n) is 2.20. The molecule has 0 bridgehead atoms.